The van der Waals surface area contributed by atoms with Crippen molar-refractivity contribution < 1.29 is 14.3 Å². The molecule has 2 aromatic heterocycles. The fourth-order valence-electron chi connectivity index (χ4n) is 1.67. The minimum absolute atomic E-state index is 0.0608. The summed E-state index contributed by atoms with van der Waals surface area (Å²) in [7, 11) is 1.61. The van der Waals surface area contributed by atoms with Crippen molar-refractivity contribution in [1.82, 2.24) is 15.2 Å². The second-order valence-electron chi connectivity index (χ2n) is 4.39. The molecule has 0 saturated carbocycles. The largest absolute Gasteiger partial charge is 0.466 e. The molecule has 0 aliphatic rings. The van der Waals surface area contributed by atoms with Gasteiger partial charge in [-0.05, 0) is 19.1 Å². The Bertz CT molecular complexity index is 645. The van der Waals surface area contributed by atoms with Crippen molar-refractivity contribution in [3.8, 4) is 10.6 Å². The van der Waals surface area contributed by atoms with Gasteiger partial charge in [-0.15, -0.1) is 10.2 Å². The number of anilines is 1. The Kier molecular flexibility index (Phi) is 5.54. The van der Waals surface area contributed by atoms with Gasteiger partial charge in [0.25, 0.3) is 0 Å². The molecule has 116 valence electrons. The monoisotopic (exact) mass is 320 g/mol. The summed E-state index contributed by atoms with van der Waals surface area (Å²) < 4.78 is 4.80. The van der Waals surface area contributed by atoms with Crippen molar-refractivity contribution in [2.75, 3.05) is 18.6 Å². The maximum atomic E-state index is 12.0. The number of hydrogen-bond acceptors (Lipinski definition) is 7. The number of ether oxygens (including phenoxy) is 1. The summed E-state index contributed by atoms with van der Waals surface area (Å²) in [6.45, 7) is 2.04. The van der Waals surface area contributed by atoms with Crippen LogP contribution in [0.1, 0.15) is 19.8 Å². The van der Waals surface area contributed by atoms with E-state index in [0.29, 0.717) is 16.7 Å². The Morgan fingerprint density at radius 2 is 2.14 bits per heavy atom. The van der Waals surface area contributed by atoms with E-state index in [1.54, 1.807) is 26.4 Å². The van der Waals surface area contributed by atoms with Crippen molar-refractivity contribution in [3.05, 3.63) is 24.5 Å². The van der Waals surface area contributed by atoms with Crippen molar-refractivity contribution in [2.45, 2.75) is 19.8 Å². The minimum atomic E-state index is -0.377. The van der Waals surface area contributed by atoms with E-state index in [9.17, 15) is 9.59 Å². The molecule has 0 aromatic carbocycles. The number of carbonyl (C=O) groups excluding carboxylic acids is 2. The summed E-state index contributed by atoms with van der Waals surface area (Å²) in [6.07, 6.45) is 3.51. The number of nitrogens with zero attached hydrogens (tertiary/aromatic N) is 4. The molecule has 0 spiro atoms. The van der Waals surface area contributed by atoms with Crippen molar-refractivity contribution in [2.24, 2.45) is 0 Å². The van der Waals surface area contributed by atoms with Crippen LogP contribution in [0.2, 0.25) is 0 Å². The van der Waals surface area contributed by atoms with Crippen molar-refractivity contribution in [3.63, 3.8) is 0 Å². The third-order valence-electron chi connectivity index (χ3n) is 2.83. The summed E-state index contributed by atoms with van der Waals surface area (Å²) in [5.74, 6) is -0.584. The number of aromatic nitrogens is 3. The Hall–Kier alpha value is -2.35. The normalized spacial score (nSPS) is 10.3. The predicted molar refractivity (Wildman–Crippen MR) is 82.4 cm³/mol. The number of amides is 1. The molecular weight excluding hydrogens is 304 g/mol. The molecule has 7 nitrogen and oxygen atoms in total. The molecule has 0 bridgehead atoms. The standard InChI is InChI=1S/C14H16N4O3S/c1-3-21-12(20)7-6-11(19)18(2)14-17-16-13(22-14)10-5-4-8-15-9-10/h4-5,8-9H,3,6-7H2,1-2H3. The molecule has 8 heteroatoms. The van der Waals surface area contributed by atoms with E-state index in [1.165, 1.54) is 16.2 Å². The first-order chi connectivity index (χ1) is 10.6. The molecular formula is C14H16N4O3S. The molecule has 0 aliphatic carbocycles. The zero-order valence-corrected chi connectivity index (χ0v) is 13.2. The van der Waals surface area contributed by atoms with Crippen LogP contribution in [0.15, 0.2) is 24.5 Å². The van der Waals surface area contributed by atoms with Crippen LogP contribution in [0.5, 0.6) is 0 Å². The van der Waals surface area contributed by atoms with E-state index in [4.69, 9.17) is 4.74 Å². The summed E-state index contributed by atoms with van der Waals surface area (Å²) >= 11 is 1.29. The molecule has 0 atom stereocenters. The van der Waals surface area contributed by atoms with Crippen LogP contribution in [-0.4, -0.2) is 40.7 Å². The lowest BCUT2D eigenvalue weighted by Gasteiger charge is -2.12. The van der Waals surface area contributed by atoms with Gasteiger partial charge in [-0.3, -0.25) is 19.5 Å². The molecule has 0 aliphatic heterocycles. The summed E-state index contributed by atoms with van der Waals surface area (Å²) in [5, 5.41) is 9.23. The van der Waals surface area contributed by atoms with Crippen molar-refractivity contribution >= 4 is 28.3 Å². The average molecular weight is 320 g/mol. The zero-order valence-electron chi connectivity index (χ0n) is 12.4. The van der Waals surface area contributed by atoms with Gasteiger partial charge in [-0.25, -0.2) is 0 Å². The van der Waals surface area contributed by atoms with Gasteiger partial charge >= 0.3 is 5.97 Å². The number of hydrogen-bond donors (Lipinski definition) is 0. The molecule has 0 fully saturated rings. The zero-order chi connectivity index (χ0) is 15.9. The highest BCUT2D eigenvalue weighted by molar-refractivity contribution is 7.18. The Morgan fingerprint density at radius 1 is 1.32 bits per heavy atom. The maximum Gasteiger partial charge on any atom is 0.306 e. The van der Waals surface area contributed by atoms with E-state index in [2.05, 4.69) is 15.2 Å². The number of pyridine rings is 1. The van der Waals surface area contributed by atoms with Crippen LogP contribution in [0.25, 0.3) is 10.6 Å². The molecule has 0 N–H and O–H groups in total. The molecule has 1 amide bonds. The van der Waals surface area contributed by atoms with Crippen LogP contribution >= 0.6 is 11.3 Å². The summed E-state index contributed by atoms with van der Waals surface area (Å²) in [5.41, 5.74) is 0.846. The predicted octanol–water partition coefficient (Wildman–Crippen LogP) is 1.91. The molecule has 0 unspecified atom stereocenters. The SMILES string of the molecule is CCOC(=O)CCC(=O)N(C)c1nnc(-c2cccnc2)s1. The van der Waals surface area contributed by atoms with Gasteiger partial charge in [0.05, 0.1) is 13.0 Å². The molecule has 0 radical (unpaired) electrons. The van der Waals surface area contributed by atoms with Crippen LogP contribution in [0, 0.1) is 0 Å². The second kappa shape index (κ2) is 7.60. The van der Waals surface area contributed by atoms with Crippen LogP contribution in [-0.2, 0) is 14.3 Å². The van der Waals surface area contributed by atoms with Gasteiger partial charge in [0.1, 0.15) is 0 Å². The van der Waals surface area contributed by atoms with Crippen LogP contribution in [0.4, 0.5) is 5.13 Å². The lowest BCUT2D eigenvalue weighted by Crippen LogP contribution is -2.26. The Labute approximate surface area is 132 Å². The van der Waals surface area contributed by atoms with E-state index < -0.39 is 0 Å². The first-order valence-electron chi connectivity index (χ1n) is 6.78. The summed E-state index contributed by atoms with van der Waals surface area (Å²) in [6, 6.07) is 3.69. The van der Waals surface area contributed by atoms with Crippen LogP contribution < -0.4 is 4.90 Å². The second-order valence-corrected chi connectivity index (χ2v) is 5.35. The highest BCUT2D eigenvalue weighted by atomic mass is 32.1. The summed E-state index contributed by atoms with van der Waals surface area (Å²) in [4.78, 5) is 28.7. The van der Waals surface area contributed by atoms with Gasteiger partial charge in [0.15, 0.2) is 5.01 Å². The number of esters is 1. The van der Waals surface area contributed by atoms with Gasteiger partial charge < -0.3 is 4.74 Å². The van der Waals surface area contributed by atoms with Gasteiger partial charge in [-0.1, -0.05) is 11.3 Å². The van der Waals surface area contributed by atoms with Crippen LogP contribution in [0.3, 0.4) is 0 Å². The van der Waals surface area contributed by atoms with E-state index in [0.717, 1.165) is 5.56 Å². The molecule has 2 aromatic rings. The highest BCUT2D eigenvalue weighted by Gasteiger charge is 2.17. The molecule has 2 rings (SSSR count). The Balaban J connectivity index is 1.98. The van der Waals surface area contributed by atoms with E-state index in [-0.39, 0.29) is 24.7 Å². The smallest absolute Gasteiger partial charge is 0.306 e. The van der Waals surface area contributed by atoms with E-state index >= 15 is 0 Å². The van der Waals surface area contributed by atoms with Gasteiger partial charge in [0, 0.05) is 31.4 Å². The fraction of sp³-hybridized carbons (Fsp3) is 0.357. The first-order valence-corrected chi connectivity index (χ1v) is 7.59. The minimum Gasteiger partial charge on any atom is -0.466 e. The Morgan fingerprint density at radius 3 is 2.82 bits per heavy atom. The number of carbonyl (C=O) groups is 2. The first kappa shape index (κ1) is 16.0. The molecule has 2 heterocycles. The average Bonchev–Trinajstić information content (AvgIpc) is 3.03. The maximum absolute atomic E-state index is 12.0. The lowest BCUT2D eigenvalue weighted by atomic mass is 10.3. The van der Waals surface area contributed by atoms with Gasteiger partial charge in [0.2, 0.25) is 11.0 Å². The highest BCUT2D eigenvalue weighted by Crippen LogP contribution is 2.27. The van der Waals surface area contributed by atoms with Crippen molar-refractivity contribution in [1.29, 1.82) is 0 Å². The third kappa shape index (κ3) is 4.08. The number of rotatable bonds is 6. The molecule has 22 heavy (non-hydrogen) atoms. The van der Waals surface area contributed by atoms with E-state index in [1.807, 2.05) is 12.1 Å². The molecule has 0 saturated heterocycles. The lowest BCUT2D eigenvalue weighted by molar-refractivity contribution is -0.144. The fourth-order valence-corrected chi connectivity index (χ4v) is 2.49. The van der Waals surface area contributed by atoms with Gasteiger partial charge in [-0.2, -0.15) is 0 Å². The topological polar surface area (TPSA) is 85.3 Å². The quantitative estimate of drug-likeness (QED) is 0.756. The third-order valence-corrected chi connectivity index (χ3v) is 3.88.